The highest BCUT2D eigenvalue weighted by atomic mass is 19.1. The van der Waals surface area contributed by atoms with Crippen molar-refractivity contribution in [1.29, 1.82) is 0 Å². The van der Waals surface area contributed by atoms with Crippen molar-refractivity contribution < 1.29 is 13.9 Å². The zero-order chi connectivity index (χ0) is 18.4. The van der Waals surface area contributed by atoms with E-state index >= 15 is 0 Å². The van der Waals surface area contributed by atoms with Gasteiger partial charge in [0.25, 0.3) is 5.91 Å². The Hall–Kier alpha value is -2.36. The van der Waals surface area contributed by atoms with Gasteiger partial charge in [0.2, 0.25) is 0 Å². The van der Waals surface area contributed by atoms with E-state index in [-0.39, 0.29) is 30.2 Å². The van der Waals surface area contributed by atoms with Crippen LogP contribution in [0.15, 0.2) is 48.5 Å². The second-order valence-corrected chi connectivity index (χ2v) is 6.83. The third-order valence-electron chi connectivity index (χ3n) is 4.14. The van der Waals surface area contributed by atoms with E-state index in [0.717, 1.165) is 5.56 Å². The Morgan fingerprint density at radius 2 is 1.60 bits per heavy atom. The fourth-order valence-corrected chi connectivity index (χ4v) is 2.64. The van der Waals surface area contributed by atoms with E-state index in [1.54, 1.807) is 12.1 Å². The van der Waals surface area contributed by atoms with Crippen LogP contribution < -0.4 is 10.1 Å². The molecule has 0 aliphatic carbocycles. The van der Waals surface area contributed by atoms with Crippen molar-refractivity contribution >= 4 is 5.91 Å². The normalized spacial score (nSPS) is 12.3. The number of ether oxygens (including phenoxy) is 1. The van der Waals surface area contributed by atoms with Gasteiger partial charge in [0, 0.05) is 0 Å². The van der Waals surface area contributed by atoms with Crippen molar-refractivity contribution in [2.24, 2.45) is 5.92 Å². The molecule has 134 valence electrons. The van der Waals surface area contributed by atoms with Gasteiger partial charge in [0.05, 0.1) is 6.04 Å². The van der Waals surface area contributed by atoms with E-state index in [1.807, 2.05) is 0 Å². The lowest BCUT2D eigenvalue weighted by molar-refractivity contribution is -0.124. The molecule has 4 heteroatoms. The number of benzene rings is 2. The van der Waals surface area contributed by atoms with Crippen LogP contribution in [0.5, 0.6) is 5.75 Å². The lowest BCUT2D eigenvalue weighted by Crippen LogP contribution is -2.35. The molecule has 2 rings (SSSR count). The van der Waals surface area contributed by atoms with Crippen molar-refractivity contribution in [3.05, 3.63) is 65.5 Å². The summed E-state index contributed by atoms with van der Waals surface area (Å²) in [5, 5.41) is 2.98. The van der Waals surface area contributed by atoms with E-state index in [4.69, 9.17) is 4.74 Å². The van der Waals surface area contributed by atoms with E-state index in [2.05, 4.69) is 57.3 Å². The maximum atomic E-state index is 13.5. The van der Waals surface area contributed by atoms with Crippen LogP contribution in [0.2, 0.25) is 0 Å². The van der Waals surface area contributed by atoms with Crippen molar-refractivity contribution in [1.82, 2.24) is 5.32 Å². The molecule has 0 aliphatic heterocycles. The first kappa shape index (κ1) is 19.0. The number of amides is 1. The number of nitrogens with one attached hydrogen (secondary N) is 1. The second-order valence-electron chi connectivity index (χ2n) is 6.83. The average Bonchev–Trinajstić information content (AvgIpc) is 2.59. The van der Waals surface area contributed by atoms with Gasteiger partial charge < -0.3 is 10.1 Å². The van der Waals surface area contributed by atoms with Crippen LogP contribution in [0.25, 0.3) is 0 Å². The summed E-state index contributed by atoms with van der Waals surface area (Å²) in [7, 11) is 0. The quantitative estimate of drug-likeness (QED) is 0.781. The molecule has 2 aromatic rings. The summed E-state index contributed by atoms with van der Waals surface area (Å²) in [6, 6.07) is 14.2. The van der Waals surface area contributed by atoms with E-state index in [0.29, 0.717) is 5.92 Å². The number of hydrogen-bond donors (Lipinski definition) is 1. The van der Waals surface area contributed by atoms with Crippen molar-refractivity contribution in [2.45, 2.75) is 39.7 Å². The highest BCUT2D eigenvalue weighted by molar-refractivity contribution is 5.78. The molecule has 0 fully saturated rings. The molecular weight excluding hydrogens is 317 g/mol. The Labute approximate surface area is 149 Å². The molecule has 25 heavy (non-hydrogen) atoms. The summed E-state index contributed by atoms with van der Waals surface area (Å²) in [5.74, 6) is 0.0347. The summed E-state index contributed by atoms with van der Waals surface area (Å²) in [4.78, 5) is 12.2. The molecule has 0 heterocycles. The summed E-state index contributed by atoms with van der Waals surface area (Å²) in [6.45, 7) is 8.19. The van der Waals surface area contributed by atoms with Gasteiger partial charge in [-0.25, -0.2) is 4.39 Å². The Bertz CT molecular complexity index is 695. The van der Waals surface area contributed by atoms with Crippen LogP contribution in [-0.4, -0.2) is 12.5 Å². The molecular formula is C21H26FNO2. The Morgan fingerprint density at radius 3 is 2.16 bits per heavy atom. The van der Waals surface area contributed by atoms with Crippen LogP contribution in [0.4, 0.5) is 4.39 Å². The van der Waals surface area contributed by atoms with E-state index in [9.17, 15) is 9.18 Å². The van der Waals surface area contributed by atoms with Gasteiger partial charge in [-0.05, 0) is 35.1 Å². The summed E-state index contributed by atoms with van der Waals surface area (Å²) in [5.41, 5.74) is 2.32. The number of hydrogen-bond acceptors (Lipinski definition) is 2. The smallest absolute Gasteiger partial charge is 0.258 e. The summed E-state index contributed by atoms with van der Waals surface area (Å²) in [6.07, 6.45) is 0. The van der Waals surface area contributed by atoms with Gasteiger partial charge in [0.15, 0.2) is 18.2 Å². The Morgan fingerprint density at radius 1 is 1.00 bits per heavy atom. The minimum absolute atomic E-state index is 0.0834. The average molecular weight is 343 g/mol. The molecule has 0 saturated heterocycles. The first-order valence-corrected chi connectivity index (χ1v) is 8.65. The maximum absolute atomic E-state index is 13.5. The fourth-order valence-electron chi connectivity index (χ4n) is 2.64. The molecule has 0 aliphatic rings. The number of para-hydroxylation sites is 1. The first-order chi connectivity index (χ1) is 11.9. The van der Waals surface area contributed by atoms with Gasteiger partial charge >= 0.3 is 0 Å². The second kappa shape index (κ2) is 8.65. The van der Waals surface area contributed by atoms with Crippen LogP contribution >= 0.6 is 0 Å². The van der Waals surface area contributed by atoms with Gasteiger partial charge in [-0.1, -0.05) is 64.1 Å². The largest absolute Gasteiger partial charge is 0.481 e. The van der Waals surface area contributed by atoms with E-state index in [1.165, 1.54) is 17.7 Å². The number of carbonyl (C=O) groups excluding carboxylic acids is 1. The van der Waals surface area contributed by atoms with Crippen molar-refractivity contribution in [2.75, 3.05) is 6.61 Å². The molecule has 1 atom stereocenters. The minimum atomic E-state index is -0.472. The molecule has 0 saturated carbocycles. The van der Waals surface area contributed by atoms with Gasteiger partial charge in [-0.3, -0.25) is 4.79 Å². The third-order valence-corrected chi connectivity index (χ3v) is 4.14. The lowest BCUT2D eigenvalue weighted by Gasteiger charge is -2.23. The molecule has 0 aromatic heterocycles. The molecule has 0 spiro atoms. The molecule has 0 bridgehead atoms. The van der Waals surface area contributed by atoms with Gasteiger partial charge in [0.1, 0.15) is 0 Å². The summed E-state index contributed by atoms with van der Waals surface area (Å²) >= 11 is 0. The number of rotatable bonds is 7. The predicted octanol–water partition coefficient (Wildman–Crippen LogP) is 4.84. The molecule has 0 radical (unpaired) electrons. The number of halogens is 1. The standard InChI is InChI=1S/C21H26FNO2/c1-14(2)16-9-11-17(12-10-16)21(15(3)4)23-20(24)13-25-19-8-6-5-7-18(19)22/h5-12,14-15,21H,13H2,1-4H3,(H,23,24). The molecule has 2 aromatic carbocycles. The Kier molecular flexibility index (Phi) is 6.57. The van der Waals surface area contributed by atoms with Gasteiger partial charge in [-0.2, -0.15) is 0 Å². The lowest BCUT2D eigenvalue weighted by atomic mass is 9.93. The molecule has 1 unspecified atom stereocenters. The van der Waals surface area contributed by atoms with E-state index < -0.39 is 5.82 Å². The zero-order valence-corrected chi connectivity index (χ0v) is 15.3. The van der Waals surface area contributed by atoms with Crippen LogP contribution in [-0.2, 0) is 4.79 Å². The monoisotopic (exact) mass is 343 g/mol. The fraction of sp³-hybridized carbons (Fsp3) is 0.381. The molecule has 1 N–H and O–H groups in total. The predicted molar refractivity (Wildman–Crippen MR) is 98.1 cm³/mol. The first-order valence-electron chi connectivity index (χ1n) is 8.65. The highest BCUT2D eigenvalue weighted by Gasteiger charge is 2.19. The van der Waals surface area contributed by atoms with Gasteiger partial charge in [-0.15, -0.1) is 0 Å². The van der Waals surface area contributed by atoms with Crippen molar-refractivity contribution in [3.63, 3.8) is 0 Å². The van der Waals surface area contributed by atoms with Crippen molar-refractivity contribution in [3.8, 4) is 5.75 Å². The Balaban J connectivity index is 2.01. The number of carbonyl (C=O) groups is 1. The summed E-state index contributed by atoms with van der Waals surface area (Å²) < 4.78 is 18.8. The zero-order valence-electron chi connectivity index (χ0n) is 15.3. The van der Waals surface area contributed by atoms with Crippen LogP contribution in [0, 0.1) is 11.7 Å². The van der Waals surface area contributed by atoms with Crippen LogP contribution in [0.3, 0.4) is 0 Å². The topological polar surface area (TPSA) is 38.3 Å². The minimum Gasteiger partial charge on any atom is -0.481 e. The SMILES string of the molecule is CC(C)c1ccc(C(NC(=O)COc2ccccc2F)C(C)C)cc1. The third kappa shape index (κ3) is 5.31. The van der Waals surface area contributed by atoms with Crippen LogP contribution in [0.1, 0.15) is 50.8 Å². The highest BCUT2D eigenvalue weighted by Crippen LogP contribution is 2.24. The molecule has 3 nitrogen and oxygen atoms in total. The maximum Gasteiger partial charge on any atom is 0.258 e. The molecule has 1 amide bonds.